The molecule has 1 aromatic carbocycles. The average molecular weight is 258 g/mol. The van der Waals surface area contributed by atoms with Gasteiger partial charge in [0, 0.05) is 31.4 Å². The van der Waals surface area contributed by atoms with Gasteiger partial charge in [-0.2, -0.15) is 0 Å². The number of aromatic nitrogens is 1. The largest absolute Gasteiger partial charge is 0.310 e. The van der Waals surface area contributed by atoms with E-state index in [9.17, 15) is 4.39 Å². The Labute approximate surface area is 113 Å². The molecule has 1 heterocycles. The van der Waals surface area contributed by atoms with Crippen molar-refractivity contribution in [2.75, 3.05) is 0 Å². The van der Waals surface area contributed by atoms with E-state index >= 15 is 0 Å². The van der Waals surface area contributed by atoms with Crippen molar-refractivity contribution in [2.45, 2.75) is 32.9 Å². The monoisotopic (exact) mass is 258 g/mol. The average Bonchev–Trinajstić information content (AvgIpc) is 2.40. The lowest BCUT2D eigenvalue weighted by atomic mass is 10.0. The lowest BCUT2D eigenvalue weighted by Gasteiger charge is -2.10. The molecule has 0 bridgehead atoms. The molecule has 0 amide bonds. The fourth-order valence-corrected chi connectivity index (χ4v) is 1.89. The highest BCUT2D eigenvalue weighted by molar-refractivity contribution is 5.29. The van der Waals surface area contributed by atoms with Gasteiger partial charge in [-0.1, -0.05) is 32.0 Å². The van der Waals surface area contributed by atoms with Crippen LogP contribution >= 0.6 is 0 Å². The van der Waals surface area contributed by atoms with Crippen molar-refractivity contribution in [1.82, 2.24) is 10.3 Å². The molecule has 0 fully saturated rings. The minimum atomic E-state index is -0.146. The number of rotatable bonds is 5. The van der Waals surface area contributed by atoms with E-state index in [1.165, 1.54) is 0 Å². The third-order valence-corrected chi connectivity index (χ3v) is 2.95. The molecule has 0 aliphatic heterocycles. The molecule has 0 spiro atoms. The van der Waals surface area contributed by atoms with E-state index in [1.807, 2.05) is 24.3 Å². The van der Waals surface area contributed by atoms with E-state index in [0.717, 1.165) is 11.1 Å². The molecule has 19 heavy (non-hydrogen) atoms. The third-order valence-electron chi connectivity index (χ3n) is 2.95. The maximum atomic E-state index is 14.0. The number of benzene rings is 1. The van der Waals surface area contributed by atoms with Crippen LogP contribution in [-0.4, -0.2) is 11.0 Å². The summed E-state index contributed by atoms with van der Waals surface area (Å²) in [7, 11) is 0. The van der Waals surface area contributed by atoms with Crippen LogP contribution in [-0.2, 0) is 13.0 Å². The Bertz CT molecular complexity index is 524. The molecular weight excluding hydrogens is 239 g/mol. The third kappa shape index (κ3) is 4.14. The second-order valence-electron chi connectivity index (χ2n) is 5.00. The van der Waals surface area contributed by atoms with E-state index in [-0.39, 0.29) is 5.82 Å². The molecule has 2 aromatic rings. The maximum absolute atomic E-state index is 14.0. The molecule has 3 heteroatoms. The van der Waals surface area contributed by atoms with Crippen molar-refractivity contribution < 1.29 is 4.39 Å². The first-order chi connectivity index (χ1) is 9.15. The Kier molecular flexibility index (Phi) is 4.63. The Balaban J connectivity index is 2.07. The summed E-state index contributed by atoms with van der Waals surface area (Å²) >= 11 is 0. The molecule has 1 N–H and O–H groups in total. The molecule has 0 aliphatic carbocycles. The minimum Gasteiger partial charge on any atom is -0.310 e. The van der Waals surface area contributed by atoms with Crippen LogP contribution in [0.25, 0.3) is 0 Å². The minimum absolute atomic E-state index is 0.146. The van der Waals surface area contributed by atoms with E-state index in [0.29, 0.717) is 24.6 Å². The van der Waals surface area contributed by atoms with Gasteiger partial charge in [-0.05, 0) is 28.8 Å². The van der Waals surface area contributed by atoms with Crippen molar-refractivity contribution in [3.05, 3.63) is 65.2 Å². The lowest BCUT2D eigenvalue weighted by molar-refractivity contribution is 0.578. The van der Waals surface area contributed by atoms with Crippen molar-refractivity contribution >= 4 is 0 Å². The predicted octanol–water partition coefficient (Wildman–Crippen LogP) is 3.31. The van der Waals surface area contributed by atoms with Crippen molar-refractivity contribution in [3.8, 4) is 0 Å². The summed E-state index contributed by atoms with van der Waals surface area (Å²) in [6.07, 6.45) is 4.08. The van der Waals surface area contributed by atoms with Crippen LogP contribution < -0.4 is 5.32 Å². The van der Waals surface area contributed by atoms with Gasteiger partial charge in [0.1, 0.15) is 5.82 Å². The quantitative estimate of drug-likeness (QED) is 0.890. The fourth-order valence-electron chi connectivity index (χ4n) is 1.89. The highest BCUT2D eigenvalue weighted by Gasteiger charge is 2.05. The van der Waals surface area contributed by atoms with Crippen molar-refractivity contribution in [1.29, 1.82) is 0 Å². The summed E-state index contributed by atoms with van der Waals surface area (Å²) < 4.78 is 14.0. The smallest absolute Gasteiger partial charge is 0.127 e. The Hall–Kier alpha value is -1.74. The molecule has 0 aliphatic rings. The number of halogens is 1. The lowest BCUT2D eigenvalue weighted by Crippen LogP contribution is -2.21. The highest BCUT2D eigenvalue weighted by Crippen LogP contribution is 2.14. The fraction of sp³-hybridized carbons (Fsp3) is 0.312. The standard InChI is InChI=1S/C16H19FN2/c1-12(2)19-11-14-5-6-15(16(17)9-14)8-13-4-3-7-18-10-13/h3-7,9-10,12,19H,8,11H2,1-2H3. The van der Waals surface area contributed by atoms with Gasteiger partial charge < -0.3 is 5.32 Å². The molecule has 100 valence electrons. The highest BCUT2D eigenvalue weighted by atomic mass is 19.1. The molecule has 1 aromatic heterocycles. The zero-order valence-corrected chi connectivity index (χ0v) is 11.4. The van der Waals surface area contributed by atoms with Crippen LogP contribution in [0.3, 0.4) is 0 Å². The maximum Gasteiger partial charge on any atom is 0.127 e. The zero-order valence-electron chi connectivity index (χ0n) is 11.4. The molecule has 2 rings (SSSR count). The first-order valence-corrected chi connectivity index (χ1v) is 6.55. The number of hydrogen-bond donors (Lipinski definition) is 1. The first kappa shape index (κ1) is 13.7. The second kappa shape index (κ2) is 6.43. The molecule has 0 saturated heterocycles. The topological polar surface area (TPSA) is 24.9 Å². The van der Waals surface area contributed by atoms with Gasteiger partial charge in [-0.15, -0.1) is 0 Å². The number of nitrogens with zero attached hydrogens (tertiary/aromatic N) is 1. The predicted molar refractivity (Wildman–Crippen MR) is 75.4 cm³/mol. The van der Waals surface area contributed by atoms with Gasteiger partial charge in [0.05, 0.1) is 0 Å². The van der Waals surface area contributed by atoms with E-state index in [4.69, 9.17) is 0 Å². The molecule has 0 atom stereocenters. The van der Waals surface area contributed by atoms with Gasteiger partial charge in [0.25, 0.3) is 0 Å². The van der Waals surface area contributed by atoms with Crippen molar-refractivity contribution in [3.63, 3.8) is 0 Å². The van der Waals surface area contributed by atoms with Crippen LogP contribution in [0.15, 0.2) is 42.7 Å². The van der Waals surface area contributed by atoms with Crippen LogP contribution in [0.2, 0.25) is 0 Å². The van der Waals surface area contributed by atoms with Crippen LogP contribution in [0, 0.1) is 5.82 Å². The van der Waals surface area contributed by atoms with Crippen LogP contribution in [0.4, 0.5) is 4.39 Å². The summed E-state index contributed by atoms with van der Waals surface area (Å²) in [6.45, 7) is 4.85. The summed E-state index contributed by atoms with van der Waals surface area (Å²) in [5.41, 5.74) is 2.71. The Morgan fingerprint density at radius 1 is 1.21 bits per heavy atom. The summed E-state index contributed by atoms with van der Waals surface area (Å²) in [5.74, 6) is -0.146. The zero-order chi connectivity index (χ0) is 13.7. The van der Waals surface area contributed by atoms with Gasteiger partial charge in [-0.25, -0.2) is 4.39 Å². The van der Waals surface area contributed by atoms with Gasteiger partial charge in [0.2, 0.25) is 0 Å². The van der Waals surface area contributed by atoms with E-state index in [2.05, 4.69) is 24.1 Å². The van der Waals surface area contributed by atoms with Crippen molar-refractivity contribution in [2.24, 2.45) is 0 Å². The Morgan fingerprint density at radius 2 is 2.05 bits per heavy atom. The second-order valence-corrected chi connectivity index (χ2v) is 5.00. The number of pyridine rings is 1. The Morgan fingerprint density at radius 3 is 2.68 bits per heavy atom. The molecule has 2 nitrogen and oxygen atoms in total. The molecule has 0 radical (unpaired) electrons. The van der Waals surface area contributed by atoms with Gasteiger partial charge in [-0.3, -0.25) is 4.98 Å². The van der Waals surface area contributed by atoms with E-state index < -0.39 is 0 Å². The van der Waals surface area contributed by atoms with E-state index in [1.54, 1.807) is 18.5 Å². The van der Waals surface area contributed by atoms with Gasteiger partial charge >= 0.3 is 0 Å². The summed E-state index contributed by atoms with van der Waals surface area (Å²) in [6, 6.07) is 9.68. The number of hydrogen-bond acceptors (Lipinski definition) is 2. The first-order valence-electron chi connectivity index (χ1n) is 6.55. The summed E-state index contributed by atoms with van der Waals surface area (Å²) in [4.78, 5) is 4.04. The molecular formula is C16H19FN2. The normalized spacial score (nSPS) is 10.9. The van der Waals surface area contributed by atoms with Gasteiger partial charge in [0.15, 0.2) is 0 Å². The van der Waals surface area contributed by atoms with Crippen LogP contribution in [0.5, 0.6) is 0 Å². The molecule has 0 saturated carbocycles. The number of nitrogens with one attached hydrogen (secondary N) is 1. The van der Waals surface area contributed by atoms with Crippen LogP contribution in [0.1, 0.15) is 30.5 Å². The summed E-state index contributed by atoms with van der Waals surface area (Å²) in [5, 5.41) is 3.28. The SMILES string of the molecule is CC(C)NCc1ccc(Cc2cccnc2)c(F)c1. The molecule has 0 unspecified atom stereocenters.